The first-order chi connectivity index (χ1) is 21.5. The second kappa shape index (κ2) is 12.7. The molecule has 0 saturated heterocycles. The molecular formula is C32H21ClF2N4O5S. The number of carboxylic acids is 1. The van der Waals surface area contributed by atoms with E-state index >= 15 is 0 Å². The summed E-state index contributed by atoms with van der Waals surface area (Å²) in [6, 6.07) is 20.2. The summed E-state index contributed by atoms with van der Waals surface area (Å²) in [6.45, 7) is 0. The minimum Gasteiger partial charge on any atom is -0.480 e. The van der Waals surface area contributed by atoms with E-state index in [4.69, 9.17) is 16.9 Å². The van der Waals surface area contributed by atoms with E-state index in [-0.39, 0.29) is 11.3 Å². The van der Waals surface area contributed by atoms with Crippen LogP contribution in [-0.2, 0) is 21.2 Å². The van der Waals surface area contributed by atoms with Crippen LogP contribution in [0.2, 0.25) is 5.02 Å². The van der Waals surface area contributed by atoms with E-state index in [2.05, 4.69) is 15.0 Å². The van der Waals surface area contributed by atoms with Crippen LogP contribution in [-0.4, -0.2) is 36.4 Å². The number of anilines is 1. The molecule has 0 fully saturated rings. The zero-order valence-electron chi connectivity index (χ0n) is 23.0. The van der Waals surface area contributed by atoms with Gasteiger partial charge >= 0.3 is 5.97 Å². The van der Waals surface area contributed by atoms with E-state index in [1.807, 2.05) is 6.07 Å². The number of carboxylic acid groups (broad SMARTS) is 1. The summed E-state index contributed by atoms with van der Waals surface area (Å²) in [5.74, 6) is -5.62. The molecule has 0 bridgehead atoms. The lowest BCUT2D eigenvalue weighted by molar-refractivity contribution is -0.139. The van der Waals surface area contributed by atoms with Crippen LogP contribution in [0.25, 0.3) is 22.0 Å². The number of rotatable bonds is 9. The number of carbonyl (C=O) groups excluding carboxylic acids is 1. The van der Waals surface area contributed by atoms with Crippen LogP contribution < -0.4 is 10.0 Å². The van der Waals surface area contributed by atoms with Gasteiger partial charge < -0.3 is 10.4 Å². The second-order valence-corrected chi connectivity index (χ2v) is 11.9. The van der Waals surface area contributed by atoms with Crippen molar-refractivity contribution in [2.24, 2.45) is 0 Å². The lowest BCUT2D eigenvalue weighted by Crippen LogP contribution is -2.43. The van der Waals surface area contributed by atoms with E-state index in [1.54, 1.807) is 48.7 Å². The van der Waals surface area contributed by atoms with Gasteiger partial charge in [-0.05, 0) is 48.0 Å². The van der Waals surface area contributed by atoms with Crippen molar-refractivity contribution in [3.63, 3.8) is 0 Å². The highest BCUT2D eigenvalue weighted by Crippen LogP contribution is 2.35. The first-order valence-corrected chi connectivity index (χ1v) is 15.0. The number of hydrogen-bond donors (Lipinski definition) is 3. The first-order valence-electron chi connectivity index (χ1n) is 13.2. The highest BCUT2D eigenvalue weighted by atomic mass is 35.5. The van der Waals surface area contributed by atoms with E-state index in [9.17, 15) is 31.9 Å². The van der Waals surface area contributed by atoms with Crippen LogP contribution in [0.1, 0.15) is 21.5 Å². The van der Waals surface area contributed by atoms with Gasteiger partial charge in [0.1, 0.15) is 23.2 Å². The molecule has 45 heavy (non-hydrogen) atoms. The fourth-order valence-corrected chi connectivity index (χ4v) is 6.09. The van der Waals surface area contributed by atoms with Crippen molar-refractivity contribution >= 4 is 50.1 Å². The molecule has 0 aliphatic heterocycles. The molecule has 226 valence electrons. The zero-order valence-corrected chi connectivity index (χ0v) is 24.5. The standard InChI is InChI=1S/C32H21ClF2N4O5S/c33-25-13-18(17-36)8-10-23(25)24-11-9-19(22-7-4-12-37-30(22)24)14-28(32(41)42)38-31(40)29-26(34)15-20(16-27(29)35)39-45(43,44)21-5-2-1-3-6-21/h1-13,15-16,28,39H,14H2,(H,38,40)(H,41,42)/t28-/m0/s1. The highest BCUT2D eigenvalue weighted by Gasteiger charge is 2.27. The third-order valence-electron chi connectivity index (χ3n) is 6.85. The van der Waals surface area contributed by atoms with Crippen LogP contribution >= 0.6 is 11.6 Å². The minimum absolute atomic E-state index is 0.146. The summed E-state index contributed by atoms with van der Waals surface area (Å²) < 4.78 is 57.1. The van der Waals surface area contributed by atoms with Crippen molar-refractivity contribution in [2.75, 3.05) is 4.72 Å². The molecule has 1 atom stereocenters. The number of carbonyl (C=O) groups is 2. The van der Waals surface area contributed by atoms with Crippen LogP contribution in [0.5, 0.6) is 0 Å². The molecule has 3 N–H and O–H groups in total. The Labute approximate surface area is 260 Å². The zero-order chi connectivity index (χ0) is 32.3. The molecule has 0 saturated carbocycles. The Morgan fingerprint density at radius 1 is 0.956 bits per heavy atom. The molecule has 1 amide bonds. The average molecular weight is 647 g/mol. The number of nitrogens with one attached hydrogen (secondary N) is 2. The number of benzene rings is 4. The molecule has 9 nitrogen and oxygen atoms in total. The molecule has 0 radical (unpaired) electrons. The third kappa shape index (κ3) is 6.59. The number of nitriles is 1. The van der Waals surface area contributed by atoms with Crippen LogP contribution in [0.15, 0.2) is 96.0 Å². The summed E-state index contributed by atoms with van der Waals surface area (Å²) in [5.41, 5.74) is 0.964. The maximum atomic E-state index is 15.0. The Bertz CT molecular complexity index is 2100. The molecule has 0 unspecified atom stereocenters. The number of fused-ring (bicyclic) bond motifs is 1. The van der Waals surface area contributed by atoms with Gasteiger partial charge in [0, 0.05) is 34.2 Å². The first kappa shape index (κ1) is 31.1. The van der Waals surface area contributed by atoms with Crippen molar-refractivity contribution in [2.45, 2.75) is 17.4 Å². The smallest absolute Gasteiger partial charge is 0.326 e. The van der Waals surface area contributed by atoms with Gasteiger partial charge in [-0.3, -0.25) is 14.5 Å². The van der Waals surface area contributed by atoms with Gasteiger partial charge in [-0.1, -0.05) is 54.1 Å². The summed E-state index contributed by atoms with van der Waals surface area (Å²) in [7, 11) is -4.18. The lowest BCUT2D eigenvalue weighted by atomic mass is 9.94. The van der Waals surface area contributed by atoms with Gasteiger partial charge in [-0.15, -0.1) is 0 Å². The van der Waals surface area contributed by atoms with Crippen molar-refractivity contribution in [3.05, 3.63) is 124 Å². The third-order valence-corrected chi connectivity index (χ3v) is 8.56. The van der Waals surface area contributed by atoms with E-state index in [0.717, 1.165) is 0 Å². The molecule has 0 aliphatic rings. The van der Waals surface area contributed by atoms with Crippen LogP contribution in [0.4, 0.5) is 14.5 Å². The molecule has 0 spiro atoms. The SMILES string of the molecule is N#Cc1ccc(-c2ccc(C[C@H](NC(=O)c3c(F)cc(NS(=O)(=O)c4ccccc4)cc3F)C(=O)O)c3cccnc23)c(Cl)c1. The number of sulfonamides is 1. The van der Waals surface area contributed by atoms with Gasteiger partial charge in [0.05, 0.1) is 27.7 Å². The van der Waals surface area contributed by atoms with Crippen LogP contribution in [0.3, 0.4) is 0 Å². The van der Waals surface area contributed by atoms with Crippen molar-refractivity contribution < 1.29 is 31.9 Å². The summed E-state index contributed by atoms with van der Waals surface area (Å²) in [4.78, 5) is 29.4. The van der Waals surface area contributed by atoms with Crippen molar-refractivity contribution in [3.8, 4) is 17.2 Å². The Kier molecular flexibility index (Phi) is 8.76. The maximum absolute atomic E-state index is 15.0. The van der Waals surface area contributed by atoms with Gasteiger partial charge in [0.15, 0.2) is 0 Å². The normalized spacial score (nSPS) is 11.9. The number of aliphatic carboxylic acids is 1. The number of pyridine rings is 1. The van der Waals surface area contributed by atoms with E-state index < -0.39 is 50.8 Å². The molecule has 5 rings (SSSR count). The molecule has 0 aliphatic carbocycles. The summed E-state index contributed by atoms with van der Waals surface area (Å²) >= 11 is 6.42. The summed E-state index contributed by atoms with van der Waals surface area (Å²) in [6.07, 6.45) is 1.27. The molecular weight excluding hydrogens is 626 g/mol. The topological polar surface area (TPSA) is 149 Å². The number of nitrogens with zero attached hydrogens (tertiary/aromatic N) is 2. The van der Waals surface area contributed by atoms with Crippen molar-refractivity contribution in [1.29, 1.82) is 5.26 Å². The minimum atomic E-state index is -4.18. The Morgan fingerprint density at radius 3 is 2.29 bits per heavy atom. The van der Waals surface area contributed by atoms with E-state index in [0.29, 0.717) is 50.3 Å². The summed E-state index contributed by atoms with van der Waals surface area (Å²) in [5, 5.41) is 22.1. The van der Waals surface area contributed by atoms with Crippen molar-refractivity contribution in [1.82, 2.24) is 10.3 Å². The number of aromatic nitrogens is 1. The van der Waals surface area contributed by atoms with Gasteiger partial charge in [-0.25, -0.2) is 22.0 Å². The molecule has 4 aromatic carbocycles. The molecule has 1 heterocycles. The number of amides is 1. The molecule has 13 heteroatoms. The Morgan fingerprint density at radius 2 is 1.64 bits per heavy atom. The van der Waals surface area contributed by atoms with Gasteiger partial charge in [0.2, 0.25) is 0 Å². The van der Waals surface area contributed by atoms with Gasteiger partial charge in [0.25, 0.3) is 15.9 Å². The predicted octanol–water partition coefficient (Wildman–Crippen LogP) is 5.93. The maximum Gasteiger partial charge on any atom is 0.326 e. The number of halogens is 3. The molecule has 5 aromatic rings. The quantitative estimate of drug-likeness (QED) is 0.180. The fourth-order valence-electron chi connectivity index (χ4n) is 4.74. The highest BCUT2D eigenvalue weighted by molar-refractivity contribution is 7.92. The molecule has 1 aromatic heterocycles. The average Bonchev–Trinajstić information content (AvgIpc) is 3.00. The fraction of sp³-hybridized carbons (Fsp3) is 0.0625. The van der Waals surface area contributed by atoms with Crippen LogP contribution in [0, 0.1) is 23.0 Å². The van der Waals surface area contributed by atoms with E-state index in [1.165, 1.54) is 30.3 Å². The van der Waals surface area contributed by atoms with Gasteiger partial charge in [-0.2, -0.15) is 5.26 Å². The number of hydrogen-bond acceptors (Lipinski definition) is 6. The predicted molar refractivity (Wildman–Crippen MR) is 163 cm³/mol. The lowest BCUT2D eigenvalue weighted by Gasteiger charge is -2.18. The monoisotopic (exact) mass is 646 g/mol. The second-order valence-electron chi connectivity index (χ2n) is 9.78. The Hall–Kier alpha value is -5.38. The largest absolute Gasteiger partial charge is 0.480 e. The Balaban J connectivity index is 1.41.